The summed E-state index contributed by atoms with van der Waals surface area (Å²) < 4.78 is 0. The molecule has 0 saturated heterocycles. The molecule has 78 valence electrons. The largest absolute Gasteiger partial charge is 0.392 e. The molecular weight excluding hydrogens is 238 g/mol. The van der Waals surface area contributed by atoms with Crippen LogP contribution in [0, 0.1) is 10.1 Å². The molecule has 5 heteroatoms. The fraction of sp³-hybridized carbons (Fsp3) is 1.00. The van der Waals surface area contributed by atoms with Gasteiger partial charge in [0, 0.05) is 16.7 Å². The molecule has 4 nitrogen and oxygen atoms in total. The van der Waals surface area contributed by atoms with E-state index in [2.05, 4.69) is 15.9 Å². The van der Waals surface area contributed by atoms with Gasteiger partial charge in [-0.1, -0.05) is 28.8 Å². The number of aliphatic hydroxyl groups excluding tert-OH is 1. The van der Waals surface area contributed by atoms with E-state index in [1.165, 1.54) is 0 Å². The number of aliphatic hydroxyl groups is 1. The summed E-state index contributed by atoms with van der Waals surface area (Å²) in [6.45, 7) is 0.0704. The van der Waals surface area contributed by atoms with Crippen molar-refractivity contribution < 1.29 is 10.0 Å². The van der Waals surface area contributed by atoms with Crippen LogP contribution in [0.25, 0.3) is 0 Å². The normalized spacial score (nSPS) is 12.8. The van der Waals surface area contributed by atoms with Crippen molar-refractivity contribution in [2.75, 3.05) is 11.9 Å². The van der Waals surface area contributed by atoms with Crippen LogP contribution in [0.15, 0.2) is 0 Å². The molecule has 0 aromatic carbocycles. The molecule has 0 fully saturated rings. The molecule has 0 bridgehead atoms. The minimum absolute atomic E-state index is 0.0704. The van der Waals surface area contributed by atoms with Gasteiger partial charge in [0.05, 0.1) is 6.10 Å². The summed E-state index contributed by atoms with van der Waals surface area (Å²) in [4.78, 5) is 9.66. The minimum Gasteiger partial charge on any atom is -0.392 e. The van der Waals surface area contributed by atoms with Crippen molar-refractivity contribution in [1.29, 1.82) is 0 Å². The zero-order chi connectivity index (χ0) is 10.1. The van der Waals surface area contributed by atoms with E-state index < -0.39 is 0 Å². The molecule has 0 aliphatic rings. The van der Waals surface area contributed by atoms with Gasteiger partial charge >= 0.3 is 0 Å². The third kappa shape index (κ3) is 9.76. The van der Waals surface area contributed by atoms with Gasteiger partial charge < -0.3 is 5.11 Å². The third-order valence-corrected chi connectivity index (χ3v) is 2.55. The highest BCUT2D eigenvalue weighted by atomic mass is 79.9. The first-order valence-corrected chi connectivity index (χ1v) is 5.64. The number of nitro groups is 1. The lowest BCUT2D eigenvalue weighted by Gasteiger charge is -2.04. The van der Waals surface area contributed by atoms with Crippen LogP contribution in [0.4, 0.5) is 0 Å². The fourth-order valence-electron chi connectivity index (χ4n) is 1.05. The Morgan fingerprint density at radius 3 is 2.46 bits per heavy atom. The Bertz CT molecular complexity index is 143. The van der Waals surface area contributed by atoms with Crippen molar-refractivity contribution >= 4 is 15.9 Å². The first-order valence-electron chi connectivity index (χ1n) is 4.52. The van der Waals surface area contributed by atoms with Crippen LogP contribution in [0.5, 0.6) is 0 Å². The molecule has 0 spiro atoms. The molecule has 0 rings (SSSR count). The quantitative estimate of drug-likeness (QED) is 0.312. The standard InChI is InChI=1S/C8H16BrNO3/c9-7-8(11)5-3-1-2-4-6-10(12)13/h8,11H,1-7H2. The molecule has 1 unspecified atom stereocenters. The highest BCUT2D eigenvalue weighted by molar-refractivity contribution is 9.09. The summed E-state index contributed by atoms with van der Waals surface area (Å²) in [6, 6.07) is 0. The molecule has 0 amide bonds. The molecule has 13 heavy (non-hydrogen) atoms. The lowest BCUT2D eigenvalue weighted by Crippen LogP contribution is -2.07. The van der Waals surface area contributed by atoms with Crippen molar-refractivity contribution in [3.8, 4) is 0 Å². The van der Waals surface area contributed by atoms with Crippen LogP contribution in [-0.2, 0) is 0 Å². The Balaban J connectivity index is 3.04. The van der Waals surface area contributed by atoms with Gasteiger partial charge in [-0.25, -0.2) is 0 Å². The van der Waals surface area contributed by atoms with Crippen molar-refractivity contribution in [1.82, 2.24) is 0 Å². The average Bonchev–Trinajstić information content (AvgIpc) is 2.10. The zero-order valence-corrected chi connectivity index (χ0v) is 9.20. The van der Waals surface area contributed by atoms with E-state index in [4.69, 9.17) is 5.11 Å². The summed E-state index contributed by atoms with van der Waals surface area (Å²) in [5.74, 6) is 0. The summed E-state index contributed by atoms with van der Waals surface area (Å²) in [7, 11) is 0. The number of alkyl halides is 1. The smallest absolute Gasteiger partial charge is 0.203 e. The van der Waals surface area contributed by atoms with Crippen LogP contribution in [-0.4, -0.2) is 28.0 Å². The van der Waals surface area contributed by atoms with E-state index in [-0.39, 0.29) is 17.6 Å². The number of rotatable bonds is 8. The third-order valence-electron chi connectivity index (χ3n) is 1.81. The lowest BCUT2D eigenvalue weighted by molar-refractivity contribution is -0.480. The monoisotopic (exact) mass is 253 g/mol. The topological polar surface area (TPSA) is 63.4 Å². The predicted molar refractivity (Wildman–Crippen MR) is 54.7 cm³/mol. The Labute approximate surface area is 86.6 Å². The van der Waals surface area contributed by atoms with Gasteiger partial charge in [0.25, 0.3) is 0 Å². The molecule has 0 heterocycles. The maximum Gasteiger partial charge on any atom is 0.203 e. The highest BCUT2D eigenvalue weighted by Crippen LogP contribution is 2.07. The van der Waals surface area contributed by atoms with Crippen LogP contribution in [0.3, 0.4) is 0 Å². The second-order valence-electron chi connectivity index (χ2n) is 3.07. The van der Waals surface area contributed by atoms with Gasteiger partial charge in [-0.2, -0.15) is 0 Å². The van der Waals surface area contributed by atoms with Crippen molar-refractivity contribution in [2.24, 2.45) is 0 Å². The molecule has 0 radical (unpaired) electrons. The van der Waals surface area contributed by atoms with Gasteiger partial charge in [-0.3, -0.25) is 10.1 Å². The summed E-state index contributed by atoms with van der Waals surface area (Å²) >= 11 is 3.18. The number of halogens is 1. The summed E-state index contributed by atoms with van der Waals surface area (Å²) in [5, 5.41) is 19.7. The molecule has 0 saturated carbocycles. The number of unbranched alkanes of at least 4 members (excludes halogenated alkanes) is 3. The molecule has 0 aliphatic heterocycles. The second kappa shape index (κ2) is 8.44. The summed E-state index contributed by atoms with van der Waals surface area (Å²) in [5.41, 5.74) is 0. The Hall–Kier alpha value is -0.160. The first-order chi connectivity index (χ1) is 6.16. The van der Waals surface area contributed by atoms with Crippen molar-refractivity contribution in [3.63, 3.8) is 0 Å². The number of hydrogen-bond acceptors (Lipinski definition) is 3. The zero-order valence-electron chi connectivity index (χ0n) is 7.62. The first kappa shape index (κ1) is 12.8. The lowest BCUT2D eigenvalue weighted by atomic mass is 10.1. The maximum absolute atomic E-state index is 9.95. The molecular formula is C8H16BrNO3. The van der Waals surface area contributed by atoms with Gasteiger partial charge in [-0.05, 0) is 12.8 Å². The molecule has 1 atom stereocenters. The highest BCUT2D eigenvalue weighted by Gasteiger charge is 2.01. The number of hydrogen-bond donors (Lipinski definition) is 1. The van der Waals surface area contributed by atoms with E-state index in [1.807, 2.05) is 0 Å². The van der Waals surface area contributed by atoms with Crippen LogP contribution in [0.1, 0.15) is 32.1 Å². The Morgan fingerprint density at radius 1 is 1.31 bits per heavy atom. The van der Waals surface area contributed by atoms with Gasteiger partial charge in [-0.15, -0.1) is 0 Å². The number of nitrogens with zero attached hydrogens (tertiary/aromatic N) is 1. The van der Waals surface area contributed by atoms with E-state index in [0.29, 0.717) is 11.8 Å². The van der Waals surface area contributed by atoms with Gasteiger partial charge in [0.2, 0.25) is 6.54 Å². The molecule has 0 aromatic heterocycles. The molecule has 1 N–H and O–H groups in total. The summed E-state index contributed by atoms with van der Waals surface area (Å²) in [6.07, 6.45) is 3.97. The van der Waals surface area contributed by atoms with E-state index in [0.717, 1.165) is 25.7 Å². The predicted octanol–water partition coefficient (Wildman–Crippen LogP) is 1.97. The van der Waals surface area contributed by atoms with Crippen LogP contribution in [0.2, 0.25) is 0 Å². The maximum atomic E-state index is 9.95. The van der Waals surface area contributed by atoms with Crippen molar-refractivity contribution in [3.05, 3.63) is 10.1 Å². The van der Waals surface area contributed by atoms with Gasteiger partial charge in [0.1, 0.15) is 0 Å². The van der Waals surface area contributed by atoms with E-state index >= 15 is 0 Å². The molecule has 0 aliphatic carbocycles. The fourth-order valence-corrected chi connectivity index (χ4v) is 1.38. The minimum atomic E-state index is -0.284. The second-order valence-corrected chi connectivity index (χ2v) is 3.71. The van der Waals surface area contributed by atoms with E-state index in [1.54, 1.807) is 0 Å². The van der Waals surface area contributed by atoms with Crippen LogP contribution >= 0.6 is 15.9 Å². The van der Waals surface area contributed by atoms with Crippen molar-refractivity contribution in [2.45, 2.75) is 38.2 Å². The van der Waals surface area contributed by atoms with Gasteiger partial charge in [0.15, 0.2) is 0 Å². The SMILES string of the molecule is O=[N+]([O-])CCCCCCC(O)CBr. The Kier molecular flexibility index (Phi) is 8.33. The molecule has 0 aromatic rings. The van der Waals surface area contributed by atoms with Crippen LogP contribution < -0.4 is 0 Å². The van der Waals surface area contributed by atoms with E-state index in [9.17, 15) is 10.1 Å². The average molecular weight is 254 g/mol. The Morgan fingerprint density at radius 2 is 1.92 bits per heavy atom.